The number of fused-ring (bicyclic) bond motifs is 1. The lowest BCUT2D eigenvalue weighted by Crippen LogP contribution is -2.48. The number of pyridine rings is 1. The molecule has 0 aliphatic carbocycles. The molecule has 2 aromatic heterocycles. The molecule has 0 spiro atoms. The van der Waals surface area contributed by atoms with Crippen LogP contribution < -0.4 is 10.2 Å². The zero-order chi connectivity index (χ0) is 29.8. The monoisotopic (exact) mass is 576 g/mol. The maximum absolute atomic E-state index is 13.0. The van der Waals surface area contributed by atoms with Crippen LogP contribution in [0.5, 0.6) is 0 Å². The summed E-state index contributed by atoms with van der Waals surface area (Å²) in [5, 5.41) is 3.02. The van der Waals surface area contributed by atoms with Crippen molar-refractivity contribution in [3.05, 3.63) is 84.2 Å². The van der Waals surface area contributed by atoms with Gasteiger partial charge in [-0.2, -0.15) is 0 Å². The maximum atomic E-state index is 13.0. The van der Waals surface area contributed by atoms with Crippen molar-refractivity contribution < 1.29 is 4.79 Å². The van der Waals surface area contributed by atoms with Gasteiger partial charge in [-0.25, -0.2) is 9.97 Å². The summed E-state index contributed by atoms with van der Waals surface area (Å²) in [7, 11) is 0. The molecule has 4 heterocycles. The lowest BCUT2D eigenvalue weighted by molar-refractivity contribution is 0.0655. The molecule has 2 saturated heterocycles. The minimum Gasteiger partial charge on any atom is -0.355 e. The first-order valence-corrected chi connectivity index (χ1v) is 15.9. The van der Waals surface area contributed by atoms with Gasteiger partial charge in [0, 0.05) is 54.6 Å². The number of nitrogens with zero attached hydrogens (tertiary/aromatic N) is 5. The summed E-state index contributed by atoms with van der Waals surface area (Å²) < 4.78 is 0. The van der Waals surface area contributed by atoms with Crippen LogP contribution in [0.3, 0.4) is 0 Å². The van der Waals surface area contributed by atoms with Gasteiger partial charge in [-0.3, -0.25) is 14.7 Å². The highest BCUT2D eigenvalue weighted by molar-refractivity contribution is 5.98. The Morgan fingerprint density at radius 1 is 0.837 bits per heavy atom. The molecule has 43 heavy (non-hydrogen) atoms. The van der Waals surface area contributed by atoms with Gasteiger partial charge in [-0.05, 0) is 102 Å². The first kappa shape index (κ1) is 29.2. The van der Waals surface area contributed by atoms with Crippen LogP contribution in [0.25, 0.3) is 22.3 Å². The topological polar surface area (TPSA) is 74.2 Å². The number of nitrogens with one attached hydrogen (secondary N) is 1. The van der Waals surface area contributed by atoms with Gasteiger partial charge in [-0.15, -0.1) is 0 Å². The number of hydrogen-bond acceptors (Lipinski definition) is 6. The minimum atomic E-state index is -0.111. The van der Waals surface area contributed by atoms with Crippen LogP contribution in [0.15, 0.2) is 72.9 Å². The third-order valence-electron chi connectivity index (χ3n) is 9.34. The molecule has 1 N–H and O–H groups in total. The van der Waals surface area contributed by atoms with Crippen LogP contribution in [0.4, 0.5) is 5.82 Å². The van der Waals surface area contributed by atoms with Gasteiger partial charge in [0.2, 0.25) is 0 Å². The number of carbonyl (C=O) groups is 1. The van der Waals surface area contributed by atoms with E-state index >= 15 is 0 Å². The zero-order valence-electron chi connectivity index (χ0n) is 25.8. The Bertz CT molecular complexity index is 1520. The average Bonchev–Trinajstić information content (AvgIpc) is 3.04. The Morgan fingerprint density at radius 3 is 2.21 bits per heavy atom. The van der Waals surface area contributed by atoms with Gasteiger partial charge in [0.05, 0.1) is 11.0 Å². The molecular formula is C36H44N6O. The van der Waals surface area contributed by atoms with E-state index in [2.05, 4.69) is 53.0 Å². The van der Waals surface area contributed by atoms with Crippen molar-refractivity contribution in [2.45, 2.75) is 58.4 Å². The molecule has 6 rings (SSSR count). The first-order chi connectivity index (χ1) is 20.8. The minimum absolute atomic E-state index is 0.111. The fraction of sp³-hybridized carbons (Fsp3) is 0.444. The summed E-state index contributed by atoms with van der Waals surface area (Å²) in [5.41, 5.74) is 5.31. The van der Waals surface area contributed by atoms with E-state index in [4.69, 9.17) is 9.97 Å². The van der Waals surface area contributed by atoms with E-state index in [0.29, 0.717) is 18.5 Å². The molecule has 0 saturated carbocycles. The number of amides is 1. The van der Waals surface area contributed by atoms with Crippen molar-refractivity contribution in [2.24, 2.45) is 11.8 Å². The lowest BCUT2D eigenvalue weighted by Gasteiger charge is -2.44. The molecule has 0 atom stereocenters. The molecule has 224 valence electrons. The van der Waals surface area contributed by atoms with Crippen LogP contribution in [0.2, 0.25) is 0 Å². The van der Waals surface area contributed by atoms with E-state index < -0.39 is 0 Å². The fourth-order valence-electron chi connectivity index (χ4n) is 6.77. The average molecular weight is 577 g/mol. The van der Waals surface area contributed by atoms with Crippen molar-refractivity contribution in [3.8, 4) is 11.3 Å². The van der Waals surface area contributed by atoms with Crippen LogP contribution in [-0.2, 0) is 6.42 Å². The third-order valence-corrected chi connectivity index (χ3v) is 9.34. The van der Waals surface area contributed by atoms with Crippen LogP contribution in [0.1, 0.15) is 62.5 Å². The number of piperidine rings is 2. The van der Waals surface area contributed by atoms with E-state index in [1.165, 1.54) is 38.8 Å². The predicted molar refractivity (Wildman–Crippen MR) is 174 cm³/mol. The molecule has 2 aliphatic heterocycles. The van der Waals surface area contributed by atoms with Crippen LogP contribution >= 0.6 is 0 Å². The summed E-state index contributed by atoms with van der Waals surface area (Å²) in [4.78, 5) is 32.7. The number of anilines is 1. The van der Waals surface area contributed by atoms with Crippen molar-refractivity contribution in [3.63, 3.8) is 0 Å². The van der Waals surface area contributed by atoms with Crippen molar-refractivity contribution in [1.29, 1.82) is 0 Å². The molecule has 0 unspecified atom stereocenters. The van der Waals surface area contributed by atoms with E-state index in [0.717, 1.165) is 58.7 Å². The smallest absolute Gasteiger partial charge is 0.251 e. The number of rotatable bonds is 7. The summed E-state index contributed by atoms with van der Waals surface area (Å²) in [6.07, 6.45) is 7.49. The Balaban J connectivity index is 1.17. The SMILES string of the molecule is CC(C)(C)N1CCC(C2CCN(c3nc4ccc(C(=O)NCCc5ccccn5)cc4nc3-c3ccccc3)CC2)CC1. The van der Waals surface area contributed by atoms with E-state index in [-0.39, 0.29) is 11.4 Å². The fourth-order valence-corrected chi connectivity index (χ4v) is 6.77. The number of benzene rings is 2. The van der Waals surface area contributed by atoms with Crippen LogP contribution in [0, 0.1) is 11.8 Å². The Kier molecular flexibility index (Phi) is 8.70. The summed E-state index contributed by atoms with van der Waals surface area (Å²) in [6.45, 7) is 12.0. The van der Waals surface area contributed by atoms with Crippen LogP contribution in [-0.4, -0.2) is 64.0 Å². The highest BCUT2D eigenvalue weighted by Gasteiger charge is 2.33. The molecule has 0 radical (unpaired) electrons. The largest absolute Gasteiger partial charge is 0.355 e. The molecule has 1 amide bonds. The van der Waals surface area contributed by atoms with Gasteiger partial charge in [-0.1, -0.05) is 36.4 Å². The second-order valence-electron chi connectivity index (χ2n) is 13.1. The molecule has 4 aromatic rings. The Hall–Kier alpha value is -3.84. The molecular weight excluding hydrogens is 532 g/mol. The molecule has 7 heteroatoms. The lowest BCUT2D eigenvalue weighted by atomic mass is 9.78. The second kappa shape index (κ2) is 12.8. The van der Waals surface area contributed by atoms with E-state index in [9.17, 15) is 4.79 Å². The zero-order valence-corrected chi connectivity index (χ0v) is 25.8. The molecule has 2 aromatic carbocycles. The Labute approximate surface area is 255 Å². The second-order valence-corrected chi connectivity index (χ2v) is 13.1. The van der Waals surface area contributed by atoms with E-state index in [1.54, 1.807) is 6.20 Å². The van der Waals surface area contributed by atoms with Gasteiger partial charge in [0.1, 0.15) is 5.69 Å². The van der Waals surface area contributed by atoms with E-state index in [1.807, 2.05) is 54.6 Å². The van der Waals surface area contributed by atoms with Crippen molar-refractivity contribution in [1.82, 2.24) is 25.2 Å². The number of carbonyl (C=O) groups excluding carboxylic acids is 1. The number of hydrogen-bond donors (Lipinski definition) is 1. The normalized spacial score (nSPS) is 17.3. The van der Waals surface area contributed by atoms with Gasteiger partial charge in [0.25, 0.3) is 5.91 Å². The third kappa shape index (κ3) is 6.88. The standard InChI is InChI=1S/C36H44N6O/c1-36(2,3)42-23-17-27(18-24-42)26-15-21-41(22-16-26)34-33(28-9-5-4-6-10-28)39-32-25-29(12-13-31(32)40-34)35(43)38-20-14-30-11-7-8-19-37-30/h4-13,19,25-27H,14-18,20-24H2,1-3H3,(H,38,43). The number of likely N-dealkylation sites (tertiary alicyclic amines) is 1. The predicted octanol–water partition coefficient (Wildman–Crippen LogP) is 6.39. The molecule has 2 aliphatic rings. The highest BCUT2D eigenvalue weighted by atomic mass is 16.1. The van der Waals surface area contributed by atoms with Crippen molar-refractivity contribution in [2.75, 3.05) is 37.6 Å². The summed E-state index contributed by atoms with van der Waals surface area (Å²) >= 11 is 0. The van der Waals surface area contributed by atoms with Gasteiger partial charge in [0.15, 0.2) is 5.82 Å². The first-order valence-electron chi connectivity index (χ1n) is 15.9. The quantitative estimate of drug-likeness (QED) is 0.275. The van der Waals surface area contributed by atoms with Gasteiger partial charge < -0.3 is 10.2 Å². The molecule has 2 fully saturated rings. The van der Waals surface area contributed by atoms with Gasteiger partial charge >= 0.3 is 0 Å². The maximum Gasteiger partial charge on any atom is 0.251 e. The Morgan fingerprint density at radius 2 is 1.53 bits per heavy atom. The number of aromatic nitrogens is 3. The molecule has 0 bridgehead atoms. The summed E-state index contributed by atoms with van der Waals surface area (Å²) in [6, 6.07) is 21.8. The van der Waals surface area contributed by atoms with Crippen molar-refractivity contribution >= 4 is 22.8 Å². The highest BCUT2D eigenvalue weighted by Crippen LogP contribution is 2.37. The summed E-state index contributed by atoms with van der Waals surface area (Å²) in [5.74, 6) is 2.45. The molecule has 7 nitrogen and oxygen atoms in total.